The molecule has 0 aromatic heterocycles. The molecule has 0 spiro atoms. The number of nitrogens with one attached hydrogen (secondary N) is 1. The van der Waals surface area contributed by atoms with Crippen LogP contribution in [0.5, 0.6) is 11.5 Å². The Morgan fingerprint density at radius 3 is 2.17 bits per heavy atom. The van der Waals surface area contributed by atoms with E-state index in [1.165, 1.54) is 24.3 Å². The molecular weight excluding hydrogens is 442 g/mol. The summed E-state index contributed by atoms with van der Waals surface area (Å²) < 4.78 is 10.7. The number of aromatic hydroxyl groups is 1. The van der Waals surface area contributed by atoms with Crippen LogP contribution in [-0.2, 0) is 32.6 Å². The van der Waals surface area contributed by atoms with E-state index in [4.69, 9.17) is 9.47 Å². The molecule has 0 aliphatic carbocycles. The predicted molar refractivity (Wildman–Crippen MR) is 139 cm³/mol. The number of methoxy groups -OCH3 is 1. The number of aryl methyl sites for hydroxylation is 1. The Labute approximate surface area is 210 Å². The quantitative estimate of drug-likeness (QED) is 0.454. The van der Waals surface area contributed by atoms with Gasteiger partial charge in [0.25, 0.3) is 0 Å². The molecule has 1 unspecified atom stereocenters. The standard InChI is InChI=1S/C29H41NO5/c1-28(2,3)23-13-10-20(11-14-23)8-9-22(19-35-27(33)29(4,5)6)18-30-26(32)17-21-12-15-24(31)25(16-21)34-7/h10-16,22,31H,8-9,17-19H2,1-7H3,(H,30,32). The summed E-state index contributed by atoms with van der Waals surface area (Å²) in [7, 11) is 1.47. The summed E-state index contributed by atoms with van der Waals surface area (Å²) in [5.41, 5.74) is 2.78. The van der Waals surface area contributed by atoms with Crippen molar-refractivity contribution >= 4 is 11.9 Å². The zero-order valence-corrected chi connectivity index (χ0v) is 22.2. The van der Waals surface area contributed by atoms with Gasteiger partial charge in [0.1, 0.15) is 0 Å². The molecule has 2 aromatic rings. The molecule has 6 nitrogen and oxygen atoms in total. The van der Waals surface area contributed by atoms with E-state index in [0.29, 0.717) is 12.3 Å². The molecule has 1 amide bonds. The number of carbonyl (C=O) groups is 2. The molecule has 0 heterocycles. The highest BCUT2D eigenvalue weighted by Crippen LogP contribution is 2.26. The third-order valence-corrected chi connectivity index (χ3v) is 5.92. The Balaban J connectivity index is 1.99. The first kappa shape index (κ1) is 28.2. The van der Waals surface area contributed by atoms with E-state index >= 15 is 0 Å². The number of benzene rings is 2. The van der Waals surface area contributed by atoms with Gasteiger partial charge in [-0.05, 0) is 67.9 Å². The van der Waals surface area contributed by atoms with Gasteiger partial charge in [-0.3, -0.25) is 9.59 Å². The third kappa shape index (κ3) is 9.27. The third-order valence-electron chi connectivity index (χ3n) is 5.92. The predicted octanol–water partition coefficient (Wildman–Crippen LogP) is 5.20. The molecule has 0 bridgehead atoms. The summed E-state index contributed by atoms with van der Waals surface area (Å²) in [4.78, 5) is 24.9. The van der Waals surface area contributed by atoms with Crippen molar-refractivity contribution in [1.82, 2.24) is 5.32 Å². The summed E-state index contributed by atoms with van der Waals surface area (Å²) in [6, 6.07) is 13.5. The maximum absolute atomic E-state index is 12.6. The van der Waals surface area contributed by atoms with Gasteiger partial charge in [0.05, 0.1) is 25.6 Å². The van der Waals surface area contributed by atoms with E-state index in [9.17, 15) is 14.7 Å². The lowest BCUT2D eigenvalue weighted by Gasteiger charge is -2.22. The summed E-state index contributed by atoms with van der Waals surface area (Å²) in [6.07, 6.45) is 1.77. The minimum atomic E-state index is -0.575. The Morgan fingerprint density at radius 2 is 1.60 bits per heavy atom. The Kier molecular flexibility index (Phi) is 9.75. The van der Waals surface area contributed by atoms with Crippen molar-refractivity contribution < 1.29 is 24.2 Å². The fraction of sp³-hybridized carbons (Fsp3) is 0.517. The summed E-state index contributed by atoms with van der Waals surface area (Å²) in [6.45, 7) is 12.7. The normalized spacial score (nSPS) is 12.7. The SMILES string of the molecule is COc1cc(CC(=O)NCC(CCc2ccc(C(C)(C)C)cc2)COC(=O)C(C)(C)C)ccc1O. The van der Waals surface area contributed by atoms with Crippen LogP contribution in [0.4, 0.5) is 0 Å². The number of phenols is 1. The molecule has 2 rings (SSSR count). The van der Waals surface area contributed by atoms with Crippen molar-refractivity contribution in [2.24, 2.45) is 11.3 Å². The highest BCUT2D eigenvalue weighted by molar-refractivity contribution is 5.78. The van der Waals surface area contributed by atoms with Crippen LogP contribution in [0, 0.1) is 11.3 Å². The van der Waals surface area contributed by atoms with Crippen LogP contribution in [0.15, 0.2) is 42.5 Å². The number of phenolic OH excluding ortho intramolecular Hbond substituents is 1. The largest absolute Gasteiger partial charge is 0.504 e. The smallest absolute Gasteiger partial charge is 0.311 e. The topological polar surface area (TPSA) is 84.9 Å². The van der Waals surface area contributed by atoms with Crippen LogP contribution in [0.2, 0.25) is 0 Å². The molecule has 0 saturated carbocycles. The van der Waals surface area contributed by atoms with Gasteiger partial charge in [0, 0.05) is 12.5 Å². The van der Waals surface area contributed by atoms with Gasteiger partial charge in [-0.25, -0.2) is 0 Å². The van der Waals surface area contributed by atoms with Crippen LogP contribution in [0.25, 0.3) is 0 Å². The Morgan fingerprint density at radius 1 is 0.971 bits per heavy atom. The molecule has 1 atom stereocenters. The second-order valence-corrected chi connectivity index (χ2v) is 11.2. The molecule has 35 heavy (non-hydrogen) atoms. The van der Waals surface area contributed by atoms with Crippen LogP contribution >= 0.6 is 0 Å². The van der Waals surface area contributed by atoms with Crippen LogP contribution in [0.3, 0.4) is 0 Å². The maximum Gasteiger partial charge on any atom is 0.311 e. The van der Waals surface area contributed by atoms with Crippen LogP contribution in [-0.4, -0.2) is 37.2 Å². The van der Waals surface area contributed by atoms with E-state index < -0.39 is 5.41 Å². The molecule has 0 aliphatic rings. The minimum absolute atomic E-state index is 0.0121. The Hall–Kier alpha value is -3.02. The van der Waals surface area contributed by atoms with Crippen LogP contribution < -0.4 is 10.1 Å². The second kappa shape index (κ2) is 12.1. The lowest BCUT2D eigenvalue weighted by molar-refractivity contribution is -0.154. The number of ether oxygens (including phenoxy) is 2. The highest BCUT2D eigenvalue weighted by Gasteiger charge is 2.24. The number of amides is 1. The van der Waals surface area contributed by atoms with Crippen molar-refractivity contribution in [1.29, 1.82) is 0 Å². The fourth-order valence-corrected chi connectivity index (χ4v) is 3.53. The molecular formula is C29H41NO5. The van der Waals surface area contributed by atoms with Crippen molar-refractivity contribution in [2.45, 2.75) is 66.2 Å². The van der Waals surface area contributed by atoms with Gasteiger partial charge < -0.3 is 19.9 Å². The number of carbonyl (C=O) groups excluding carboxylic acids is 2. The van der Waals surface area contributed by atoms with E-state index in [-0.39, 0.29) is 42.0 Å². The summed E-state index contributed by atoms with van der Waals surface area (Å²) in [5, 5.41) is 12.7. The molecule has 0 saturated heterocycles. The molecule has 2 N–H and O–H groups in total. The van der Waals surface area contributed by atoms with Gasteiger partial charge >= 0.3 is 5.97 Å². The average molecular weight is 484 g/mol. The molecule has 0 aliphatic heterocycles. The number of hydrogen-bond acceptors (Lipinski definition) is 5. The van der Waals surface area contributed by atoms with Gasteiger partial charge in [-0.1, -0.05) is 51.1 Å². The average Bonchev–Trinajstić information content (AvgIpc) is 2.78. The van der Waals surface area contributed by atoms with Crippen molar-refractivity contribution in [3.05, 3.63) is 59.2 Å². The summed E-state index contributed by atoms with van der Waals surface area (Å²) >= 11 is 0. The second-order valence-electron chi connectivity index (χ2n) is 11.2. The van der Waals surface area contributed by atoms with E-state index in [2.05, 4.69) is 50.4 Å². The zero-order valence-electron chi connectivity index (χ0n) is 22.2. The molecule has 6 heteroatoms. The number of esters is 1. The first-order valence-corrected chi connectivity index (χ1v) is 12.2. The van der Waals surface area contributed by atoms with Gasteiger partial charge in [0.15, 0.2) is 11.5 Å². The van der Waals surface area contributed by atoms with Gasteiger partial charge in [-0.2, -0.15) is 0 Å². The van der Waals surface area contributed by atoms with Crippen molar-refractivity contribution in [3.8, 4) is 11.5 Å². The van der Waals surface area contributed by atoms with Crippen LogP contribution in [0.1, 0.15) is 64.7 Å². The van der Waals surface area contributed by atoms with E-state index in [0.717, 1.165) is 18.4 Å². The lowest BCUT2D eigenvalue weighted by atomic mass is 9.86. The fourth-order valence-electron chi connectivity index (χ4n) is 3.53. The van der Waals surface area contributed by atoms with Gasteiger partial charge in [0.2, 0.25) is 5.91 Å². The zero-order chi connectivity index (χ0) is 26.2. The lowest BCUT2D eigenvalue weighted by Crippen LogP contribution is -2.34. The first-order valence-electron chi connectivity index (χ1n) is 12.2. The van der Waals surface area contributed by atoms with Crippen molar-refractivity contribution in [3.63, 3.8) is 0 Å². The van der Waals surface area contributed by atoms with E-state index in [1.807, 2.05) is 20.8 Å². The van der Waals surface area contributed by atoms with E-state index in [1.54, 1.807) is 12.1 Å². The maximum atomic E-state index is 12.6. The molecule has 192 valence electrons. The monoisotopic (exact) mass is 483 g/mol. The number of rotatable bonds is 10. The minimum Gasteiger partial charge on any atom is -0.504 e. The van der Waals surface area contributed by atoms with Gasteiger partial charge in [-0.15, -0.1) is 0 Å². The first-order chi connectivity index (χ1) is 16.3. The Bertz CT molecular complexity index is 984. The molecule has 2 aromatic carbocycles. The highest BCUT2D eigenvalue weighted by atomic mass is 16.5. The molecule has 0 radical (unpaired) electrons. The number of hydrogen-bond donors (Lipinski definition) is 2. The van der Waals surface area contributed by atoms with Crippen molar-refractivity contribution in [2.75, 3.05) is 20.3 Å². The molecule has 0 fully saturated rings. The summed E-state index contributed by atoms with van der Waals surface area (Å²) in [5.74, 6) is -0.0338.